The summed E-state index contributed by atoms with van der Waals surface area (Å²) < 4.78 is 28.2. The quantitative estimate of drug-likeness (QED) is 0.704. The van der Waals surface area contributed by atoms with Crippen molar-refractivity contribution in [3.63, 3.8) is 0 Å². The zero-order chi connectivity index (χ0) is 18.4. The molecule has 1 fully saturated rings. The number of hydrogen-bond donors (Lipinski definition) is 2. The summed E-state index contributed by atoms with van der Waals surface area (Å²) in [4.78, 5) is 23.5. The van der Waals surface area contributed by atoms with E-state index in [4.69, 9.17) is 4.74 Å². The summed E-state index contributed by atoms with van der Waals surface area (Å²) in [6.07, 6.45) is 0.565. The summed E-state index contributed by atoms with van der Waals surface area (Å²) in [6.45, 7) is 2.41. The predicted molar refractivity (Wildman–Crippen MR) is 92.2 cm³/mol. The average Bonchev–Trinajstić information content (AvgIpc) is 2.93. The maximum absolute atomic E-state index is 12.0. The Hall–Kier alpha value is -2.09. The second-order valence-electron chi connectivity index (χ2n) is 6.16. The minimum Gasteiger partial charge on any atom is -0.494 e. The molecule has 2 atom stereocenters. The SMILES string of the molecule is CCOc1ccc(CC(CNC(=O)C2CCS(=O)(=O)C2)C(=O)O)cc1. The minimum absolute atomic E-state index is 0.0135. The summed E-state index contributed by atoms with van der Waals surface area (Å²) >= 11 is 0. The van der Waals surface area contributed by atoms with Gasteiger partial charge >= 0.3 is 5.97 Å². The summed E-state index contributed by atoms with van der Waals surface area (Å²) in [6, 6.07) is 7.15. The van der Waals surface area contributed by atoms with E-state index in [0.29, 0.717) is 18.8 Å². The number of carbonyl (C=O) groups is 2. The molecule has 0 bridgehead atoms. The number of benzene rings is 1. The number of carboxylic acid groups (broad SMARTS) is 1. The fourth-order valence-electron chi connectivity index (χ4n) is 2.79. The highest BCUT2D eigenvalue weighted by Gasteiger charge is 2.33. The topological polar surface area (TPSA) is 110 Å². The lowest BCUT2D eigenvalue weighted by molar-refractivity contribution is -0.141. The van der Waals surface area contributed by atoms with Gasteiger partial charge < -0.3 is 15.2 Å². The first kappa shape index (κ1) is 19.2. The van der Waals surface area contributed by atoms with Crippen LogP contribution in [-0.4, -0.2) is 50.1 Å². The normalized spacial score (nSPS) is 20.0. The van der Waals surface area contributed by atoms with Crippen molar-refractivity contribution < 1.29 is 27.9 Å². The van der Waals surface area contributed by atoms with Gasteiger partial charge in [-0.25, -0.2) is 8.42 Å². The first-order valence-corrected chi connectivity index (χ1v) is 10.1. The lowest BCUT2D eigenvalue weighted by Crippen LogP contribution is -2.38. The average molecular weight is 369 g/mol. The molecule has 1 aromatic carbocycles. The molecular formula is C17H23NO6S. The monoisotopic (exact) mass is 369 g/mol. The molecule has 0 aromatic heterocycles. The van der Waals surface area contributed by atoms with Gasteiger partial charge in [-0.2, -0.15) is 0 Å². The van der Waals surface area contributed by atoms with Crippen LogP contribution in [0.15, 0.2) is 24.3 Å². The summed E-state index contributed by atoms with van der Waals surface area (Å²) in [5.41, 5.74) is 0.827. The molecule has 8 heteroatoms. The van der Waals surface area contributed by atoms with E-state index >= 15 is 0 Å². The van der Waals surface area contributed by atoms with E-state index in [0.717, 1.165) is 5.56 Å². The van der Waals surface area contributed by atoms with Gasteiger partial charge in [0.1, 0.15) is 5.75 Å². The number of hydrogen-bond acceptors (Lipinski definition) is 5. The number of rotatable bonds is 8. The molecule has 1 aliphatic rings. The zero-order valence-electron chi connectivity index (χ0n) is 14.1. The molecule has 1 amide bonds. The van der Waals surface area contributed by atoms with Crippen LogP contribution >= 0.6 is 0 Å². The Morgan fingerprint density at radius 3 is 2.52 bits per heavy atom. The number of carboxylic acids is 1. The number of aliphatic carboxylic acids is 1. The Morgan fingerprint density at radius 1 is 1.32 bits per heavy atom. The van der Waals surface area contributed by atoms with Gasteiger partial charge in [-0.05, 0) is 37.5 Å². The largest absolute Gasteiger partial charge is 0.494 e. The van der Waals surface area contributed by atoms with Crippen LogP contribution in [0, 0.1) is 11.8 Å². The first-order chi connectivity index (χ1) is 11.8. The van der Waals surface area contributed by atoms with Crippen LogP contribution in [0.4, 0.5) is 0 Å². The summed E-state index contributed by atoms with van der Waals surface area (Å²) in [5, 5.41) is 11.9. The van der Waals surface area contributed by atoms with Gasteiger partial charge in [0, 0.05) is 6.54 Å². The van der Waals surface area contributed by atoms with Gasteiger partial charge in [-0.1, -0.05) is 12.1 Å². The molecule has 1 aromatic rings. The lowest BCUT2D eigenvalue weighted by Gasteiger charge is -2.15. The van der Waals surface area contributed by atoms with Gasteiger partial charge in [0.15, 0.2) is 9.84 Å². The Kier molecular flexibility index (Phi) is 6.41. The smallest absolute Gasteiger partial charge is 0.308 e. The maximum atomic E-state index is 12.0. The van der Waals surface area contributed by atoms with Crippen molar-refractivity contribution in [1.29, 1.82) is 0 Å². The number of nitrogens with one attached hydrogen (secondary N) is 1. The van der Waals surface area contributed by atoms with Gasteiger partial charge in [0.2, 0.25) is 5.91 Å². The van der Waals surface area contributed by atoms with E-state index in [1.165, 1.54) is 0 Å². The molecule has 0 saturated carbocycles. The summed E-state index contributed by atoms with van der Waals surface area (Å²) in [7, 11) is -3.14. The van der Waals surface area contributed by atoms with Crippen molar-refractivity contribution in [2.75, 3.05) is 24.7 Å². The van der Waals surface area contributed by atoms with Gasteiger partial charge in [-0.15, -0.1) is 0 Å². The van der Waals surface area contributed by atoms with Crippen LogP contribution in [0.5, 0.6) is 5.75 Å². The maximum Gasteiger partial charge on any atom is 0.308 e. The third-order valence-corrected chi connectivity index (χ3v) is 5.96. The highest BCUT2D eigenvalue weighted by atomic mass is 32.2. The third kappa shape index (κ3) is 5.74. The highest BCUT2D eigenvalue weighted by Crippen LogP contribution is 2.19. The molecule has 0 aliphatic carbocycles. The van der Waals surface area contributed by atoms with Crippen molar-refractivity contribution in [2.24, 2.45) is 11.8 Å². The second-order valence-corrected chi connectivity index (χ2v) is 8.39. The first-order valence-electron chi connectivity index (χ1n) is 8.23. The molecular weight excluding hydrogens is 346 g/mol. The minimum atomic E-state index is -3.14. The Balaban J connectivity index is 1.90. The molecule has 2 rings (SSSR count). The predicted octanol–water partition coefficient (Wildman–Crippen LogP) is 0.880. The third-order valence-electron chi connectivity index (χ3n) is 4.19. The molecule has 1 heterocycles. The number of ether oxygens (including phenoxy) is 1. The van der Waals surface area contributed by atoms with E-state index in [-0.39, 0.29) is 30.4 Å². The van der Waals surface area contributed by atoms with Crippen LogP contribution in [0.25, 0.3) is 0 Å². The molecule has 0 radical (unpaired) electrons. The van der Waals surface area contributed by atoms with Crippen LogP contribution in [0.1, 0.15) is 18.9 Å². The standard InChI is InChI=1S/C17H23NO6S/c1-2-24-15-5-3-12(4-6-15)9-14(17(20)21)10-18-16(19)13-7-8-25(22,23)11-13/h3-6,13-14H,2,7-11H2,1H3,(H,18,19)(H,20,21). The lowest BCUT2D eigenvalue weighted by atomic mass is 9.99. The van der Waals surface area contributed by atoms with Crippen LogP contribution < -0.4 is 10.1 Å². The van der Waals surface area contributed by atoms with E-state index < -0.39 is 27.6 Å². The van der Waals surface area contributed by atoms with Crippen LogP contribution in [0.3, 0.4) is 0 Å². The molecule has 0 spiro atoms. The molecule has 25 heavy (non-hydrogen) atoms. The highest BCUT2D eigenvalue weighted by molar-refractivity contribution is 7.91. The molecule has 2 N–H and O–H groups in total. The van der Waals surface area contributed by atoms with Crippen molar-refractivity contribution in [2.45, 2.75) is 19.8 Å². The van der Waals surface area contributed by atoms with Gasteiger partial charge in [0.25, 0.3) is 0 Å². The molecule has 1 aliphatic heterocycles. The Morgan fingerprint density at radius 2 is 2.00 bits per heavy atom. The van der Waals surface area contributed by atoms with Crippen LogP contribution in [-0.2, 0) is 25.8 Å². The number of sulfone groups is 1. The Bertz CT molecular complexity index is 713. The van der Waals surface area contributed by atoms with Gasteiger partial charge in [0.05, 0.1) is 29.9 Å². The van der Waals surface area contributed by atoms with E-state index in [1.54, 1.807) is 24.3 Å². The van der Waals surface area contributed by atoms with Crippen molar-refractivity contribution in [3.05, 3.63) is 29.8 Å². The van der Waals surface area contributed by atoms with Crippen LogP contribution in [0.2, 0.25) is 0 Å². The van der Waals surface area contributed by atoms with Crippen molar-refractivity contribution in [1.82, 2.24) is 5.32 Å². The zero-order valence-corrected chi connectivity index (χ0v) is 14.9. The van der Waals surface area contributed by atoms with Crippen molar-refractivity contribution in [3.8, 4) is 5.75 Å². The van der Waals surface area contributed by atoms with E-state index in [9.17, 15) is 23.1 Å². The molecule has 138 valence electrons. The second kappa shape index (κ2) is 8.33. The van der Waals surface area contributed by atoms with E-state index in [2.05, 4.69) is 5.32 Å². The number of carbonyl (C=O) groups excluding carboxylic acids is 1. The number of amides is 1. The molecule has 7 nitrogen and oxygen atoms in total. The fraction of sp³-hybridized carbons (Fsp3) is 0.529. The summed E-state index contributed by atoms with van der Waals surface area (Å²) in [5.74, 6) is -2.18. The van der Waals surface area contributed by atoms with Gasteiger partial charge in [-0.3, -0.25) is 9.59 Å². The fourth-order valence-corrected chi connectivity index (χ4v) is 4.53. The van der Waals surface area contributed by atoms with Crippen molar-refractivity contribution >= 4 is 21.7 Å². The van der Waals surface area contributed by atoms with E-state index in [1.807, 2.05) is 6.92 Å². The molecule has 2 unspecified atom stereocenters. The Labute approximate surface area is 147 Å². The molecule has 1 saturated heterocycles.